The fraction of sp³-hybridized carbons (Fsp3) is 0.214. The normalized spacial score (nSPS) is 10.4. The summed E-state index contributed by atoms with van der Waals surface area (Å²) in [5, 5.41) is 19.8. The van der Waals surface area contributed by atoms with Gasteiger partial charge in [-0.1, -0.05) is 6.07 Å². The van der Waals surface area contributed by atoms with Crippen molar-refractivity contribution in [2.45, 2.75) is 20.5 Å². The number of rotatable bonds is 5. The maximum atomic E-state index is 10.9. The molecular weight excluding hydrogens is 278 g/mol. The smallest absolute Gasteiger partial charge is 0.339 e. The number of nitro groups is 1. The van der Waals surface area contributed by atoms with Crippen molar-refractivity contribution in [3.8, 4) is 5.75 Å². The van der Waals surface area contributed by atoms with E-state index in [-0.39, 0.29) is 29.4 Å². The number of carbonyl (C=O) groups is 1. The Hall–Kier alpha value is -2.83. The monoisotopic (exact) mass is 291 g/mol. The maximum absolute atomic E-state index is 10.9. The molecule has 0 aliphatic rings. The molecule has 1 heterocycles. The third-order valence-corrected chi connectivity index (χ3v) is 2.88. The van der Waals surface area contributed by atoms with Crippen molar-refractivity contribution >= 4 is 11.7 Å². The second-order valence-corrected chi connectivity index (χ2v) is 4.50. The third kappa shape index (κ3) is 3.19. The van der Waals surface area contributed by atoms with Crippen molar-refractivity contribution in [1.29, 1.82) is 0 Å². The predicted octanol–water partition coefficient (Wildman–Crippen LogP) is 3.08. The molecule has 0 bridgehead atoms. The van der Waals surface area contributed by atoms with Gasteiger partial charge in [0.1, 0.15) is 23.7 Å². The van der Waals surface area contributed by atoms with Crippen molar-refractivity contribution in [2.24, 2.45) is 0 Å². The Balaban J connectivity index is 2.20. The van der Waals surface area contributed by atoms with Gasteiger partial charge >= 0.3 is 11.7 Å². The predicted molar refractivity (Wildman–Crippen MR) is 72.6 cm³/mol. The molecule has 0 unspecified atom stereocenters. The molecule has 7 nitrogen and oxygen atoms in total. The summed E-state index contributed by atoms with van der Waals surface area (Å²) in [4.78, 5) is 21.3. The molecule has 2 rings (SSSR count). The third-order valence-electron chi connectivity index (χ3n) is 2.88. The van der Waals surface area contributed by atoms with Crippen LogP contribution in [0, 0.1) is 24.0 Å². The average molecular weight is 291 g/mol. The minimum absolute atomic E-state index is 0.0485. The molecule has 110 valence electrons. The van der Waals surface area contributed by atoms with Gasteiger partial charge < -0.3 is 14.3 Å². The van der Waals surface area contributed by atoms with Crippen LogP contribution in [0.2, 0.25) is 0 Å². The summed E-state index contributed by atoms with van der Waals surface area (Å²) in [6.45, 7) is 3.23. The Kier molecular flexibility index (Phi) is 3.93. The average Bonchev–Trinajstić information content (AvgIpc) is 2.77. The standard InChI is InChI=1S/C14H13NO6/c1-8-3-4-12(15(18)19)13(5-8)20-7-10-6-11(14(16)17)9(2)21-10/h3-6H,7H2,1-2H3,(H,16,17). The van der Waals surface area contributed by atoms with E-state index in [0.717, 1.165) is 5.56 Å². The van der Waals surface area contributed by atoms with Gasteiger partial charge in [-0.15, -0.1) is 0 Å². The molecule has 0 fully saturated rings. The Morgan fingerprint density at radius 2 is 2.10 bits per heavy atom. The van der Waals surface area contributed by atoms with Crippen LogP contribution in [-0.4, -0.2) is 16.0 Å². The van der Waals surface area contributed by atoms with E-state index in [1.165, 1.54) is 19.1 Å². The van der Waals surface area contributed by atoms with Crippen LogP contribution in [0.4, 0.5) is 5.69 Å². The fourth-order valence-corrected chi connectivity index (χ4v) is 1.86. The number of hydrogen-bond acceptors (Lipinski definition) is 5. The van der Waals surface area contributed by atoms with Crippen LogP contribution in [0.1, 0.15) is 27.4 Å². The van der Waals surface area contributed by atoms with Crippen LogP contribution in [0.25, 0.3) is 0 Å². The van der Waals surface area contributed by atoms with Gasteiger partial charge in [-0.3, -0.25) is 10.1 Å². The molecule has 0 radical (unpaired) electrons. The van der Waals surface area contributed by atoms with E-state index in [2.05, 4.69) is 0 Å². The van der Waals surface area contributed by atoms with Gasteiger partial charge in [-0.2, -0.15) is 0 Å². The van der Waals surface area contributed by atoms with Crippen molar-refractivity contribution < 1.29 is 24.0 Å². The summed E-state index contributed by atoms with van der Waals surface area (Å²) < 4.78 is 10.6. The molecule has 0 spiro atoms. The number of aryl methyl sites for hydroxylation is 2. The largest absolute Gasteiger partial charge is 0.479 e. The number of aromatic carboxylic acids is 1. The van der Waals surface area contributed by atoms with E-state index in [4.69, 9.17) is 14.3 Å². The highest BCUT2D eigenvalue weighted by atomic mass is 16.6. The first-order valence-electron chi connectivity index (χ1n) is 6.09. The topological polar surface area (TPSA) is 103 Å². The first-order chi connectivity index (χ1) is 9.88. The molecule has 0 aliphatic carbocycles. The molecule has 1 aromatic carbocycles. The molecule has 21 heavy (non-hydrogen) atoms. The zero-order valence-corrected chi connectivity index (χ0v) is 11.5. The number of furan rings is 1. The fourth-order valence-electron chi connectivity index (χ4n) is 1.86. The molecule has 1 aromatic heterocycles. The number of hydrogen-bond donors (Lipinski definition) is 1. The van der Waals surface area contributed by atoms with E-state index < -0.39 is 10.9 Å². The van der Waals surface area contributed by atoms with Crippen molar-refractivity contribution in [1.82, 2.24) is 0 Å². The molecule has 1 N–H and O–H groups in total. The highest BCUT2D eigenvalue weighted by molar-refractivity contribution is 5.88. The first kappa shape index (κ1) is 14.6. The summed E-state index contributed by atoms with van der Waals surface area (Å²) in [7, 11) is 0. The lowest BCUT2D eigenvalue weighted by molar-refractivity contribution is -0.386. The minimum atomic E-state index is -1.09. The summed E-state index contributed by atoms with van der Waals surface area (Å²) in [5.41, 5.74) is 0.715. The zero-order valence-electron chi connectivity index (χ0n) is 11.5. The lowest BCUT2D eigenvalue weighted by atomic mass is 10.2. The maximum Gasteiger partial charge on any atom is 0.339 e. The van der Waals surface area contributed by atoms with Crippen LogP contribution in [0.15, 0.2) is 28.7 Å². The van der Waals surface area contributed by atoms with Gasteiger partial charge in [-0.05, 0) is 31.5 Å². The van der Waals surface area contributed by atoms with Crippen molar-refractivity contribution in [3.63, 3.8) is 0 Å². The quantitative estimate of drug-likeness (QED) is 0.670. The van der Waals surface area contributed by atoms with Crippen LogP contribution >= 0.6 is 0 Å². The lowest BCUT2D eigenvalue weighted by Crippen LogP contribution is -1.99. The van der Waals surface area contributed by atoms with Crippen LogP contribution in [0.3, 0.4) is 0 Å². The summed E-state index contributed by atoms with van der Waals surface area (Å²) >= 11 is 0. The summed E-state index contributed by atoms with van der Waals surface area (Å²) in [6, 6.07) is 5.87. The number of ether oxygens (including phenoxy) is 1. The molecule has 0 saturated carbocycles. The van der Waals surface area contributed by atoms with E-state index in [1.807, 2.05) is 0 Å². The molecule has 0 amide bonds. The molecule has 0 aliphatic heterocycles. The lowest BCUT2D eigenvalue weighted by Gasteiger charge is -2.05. The molecule has 2 aromatic rings. The Bertz CT molecular complexity index is 703. The number of nitro benzene ring substituents is 1. The van der Waals surface area contributed by atoms with E-state index in [9.17, 15) is 14.9 Å². The van der Waals surface area contributed by atoms with Gasteiger partial charge in [0.15, 0.2) is 5.75 Å². The number of nitrogens with zero attached hydrogens (tertiary/aromatic N) is 1. The van der Waals surface area contributed by atoms with Crippen molar-refractivity contribution in [3.05, 3.63) is 57.0 Å². The van der Waals surface area contributed by atoms with Gasteiger partial charge in [0.05, 0.1) is 4.92 Å². The summed E-state index contributed by atoms with van der Waals surface area (Å²) in [5.74, 6) is -0.421. The number of carboxylic acid groups (broad SMARTS) is 1. The Labute approximate surface area is 119 Å². The van der Waals surface area contributed by atoms with Gasteiger partial charge in [0, 0.05) is 6.07 Å². The van der Waals surface area contributed by atoms with Crippen molar-refractivity contribution in [2.75, 3.05) is 0 Å². The number of benzene rings is 1. The minimum Gasteiger partial charge on any atom is -0.479 e. The molecule has 0 saturated heterocycles. The summed E-state index contributed by atoms with van der Waals surface area (Å²) in [6.07, 6.45) is 0. The molecular formula is C14H13NO6. The first-order valence-corrected chi connectivity index (χ1v) is 6.09. The van der Waals surface area contributed by atoms with E-state index >= 15 is 0 Å². The Morgan fingerprint density at radius 3 is 2.67 bits per heavy atom. The Morgan fingerprint density at radius 1 is 1.38 bits per heavy atom. The molecule has 7 heteroatoms. The van der Waals surface area contributed by atoms with E-state index in [1.54, 1.807) is 19.1 Å². The SMILES string of the molecule is Cc1ccc([N+](=O)[O-])c(OCc2cc(C(=O)O)c(C)o2)c1. The van der Waals surface area contributed by atoms with Crippen LogP contribution in [0.5, 0.6) is 5.75 Å². The highest BCUT2D eigenvalue weighted by Crippen LogP contribution is 2.29. The van der Waals surface area contributed by atoms with E-state index in [0.29, 0.717) is 5.76 Å². The van der Waals surface area contributed by atoms with Gasteiger partial charge in [-0.25, -0.2) is 4.79 Å². The highest BCUT2D eigenvalue weighted by Gasteiger charge is 2.17. The second kappa shape index (κ2) is 5.66. The second-order valence-electron chi connectivity index (χ2n) is 4.50. The number of carboxylic acids is 1. The van der Waals surface area contributed by atoms with Crippen LogP contribution in [-0.2, 0) is 6.61 Å². The van der Waals surface area contributed by atoms with Gasteiger partial charge in [0.2, 0.25) is 0 Å². The van der Waals surface area contributed by atoms with Crippen LogP contribution < -0.4 is 4.74 Å². The zero-order chi connectivity index (χ0) is 15.6. The molecule has 0 atom stereocenters. The van der Waals surface area contributed by atoms with Gasteiger partial charge in [0.25, 0.3) is 0 Å².